The standard InChI is InChI=1S/C14H11BrN2O2/c1-2-19-14(18)9(7-16)5-10-8-17-13-4-3-11(15)6-12(10)13/h3-6,8,17H,2H2,1H3/b9-5+. The maximum atomic E-state index is 11.6. The fourth-order valence-corrected chi connectivity index (χ4v) is 2.10. The molecule has 2 aromatic rings. The molecule has 0 unspecified atom stereocenters. The van der Waals surface area contributed by atoms with Crippen molar-refractivity contribution < 1.29 is 9.53 Å². The third kappa shape index (κ3) is 2.85. The van der Waals surface area contributed by atoms with Crippen molar-refractivity contribution in [1.82, 2.24) is 4.98 Å². The summed E-state index contributed by atoms with van der Waals surface area (Å²) in [5.74, 6) is -0.602. The molecule has 0 spiro atoms. The Bertz CT molecular complexity index is 695. The van der Waals surface area contributed by atoms with Crippen molar-refractivity contribution in [3.63, 3.8) is 0 Å². The molecule has 0 atom stereocenters. The number of carbonyl (C=O) groups excluding carboxylic acids is 1. The van der Waals surface area contributed by atoms with Gasteiger partial charge in [0.05, 0.1) is 6.61 Å². The number of rotatable bonds is 3. The molecule has 0 saturated heterocycles. The molecule has 1 aromatic carbocycles. The van der Waals surface area contributed by atoms with Crippen LogP contribution in [-0.2, 0) is 9.53 Å². The molecule has 0 aliphatic carbocycles. The highest BCUT2D eigenvalue weighted by Gasteiger charge is 2.11. The molecule has 1 heterocycles. The van der Waals surface area contributed by atoms with E-state index in [1.54, 1.807) is 13.1 Å². The van der Waals surface area contributed by atoms with Gasteiger partial charge >= 0.3 is 5.97 Å². The zero-order valence-electron chi connectivity index (χ0n) is 10.2. The van der Waals surface area contributed by atoms with Gasteiger partial charge in [-0.2, -0.15) is 5.26 Å². The van der Waals surface area contributed by atoms with Crippen LogP contribution in [0.1, 0.15) is 12.5 Å². The normalized spacial score (nSPS) is 11.3. The summed E-state index contributed by atoms with van der Waals surface area (Å²) < 4.78 is 5.76. The Labute approximate surface area is 118 Å². The Hall–Kier alpha value is -2.06. The van der Waals surface area contributed by atoms with Crippen LogP contribution in [0.5, 0.6) is 0 Å². The first-order valence-electron chi connectivity index (χ1n) is 5.71. The predicted octanol–water partition coefficient (Wildman–Crippen LogP) is 3.40. The number of carbonyl (C=O) groups is 1. The van der Waals surface area contributed by atoms with Gasteiger partial charge in [-0.3, -0.25) is 0 Å². The van der Waals surface area contributed by atoms with Gasteiger partial charge in [0.1, 0.15) is 11.6 Å². The zero-order valence-corrected chi connectivity index (χ0v) is 11.8. The molecule has 0 aliphatic rings. The topological polar surface area (TPSA) is 65.9 Å². The second kappa shape index (κ2) is 5.72. The lowest BCUT2D eigenvalue weighted by Crippen LogP contribution is -2.05. The fourth-order valence-electron chi connectivity index (χ4n) is 1.74. The Morgan fingerprint density at radius 1 is 1.58 bits per heavy atom. The molecular formula is C14H11BrN2O2. The summed E-state index contributed by atoms with van der Waals surface area (Å²) in [7, 11) is 0. The number of benzene rings is 1. The number of halogens is 1. The van der Waals surface area contributed by atoms with E-state index in [0.717, 1.165) is 20.9 Å². The lowest BCUT2D eigenvalue weighted by Gasteiger charge is -1.99. The molecule has 0 radical (unpaired) electrons. The van der Waals surface area contributed by atoms with Crippen LogP contribution in [0.25, 0.3) is 17.0 Å². The average Bonchev–Trinajstić information content (AvgIpc) is 2.78. The quantitative estimate of drug-likeness (QED) is 0.536. The molecule has 0 saturated carbocycles. The van der Waals surface area contributed by atoms with Gasteiger partial charge in [0.25, 0.3) is 0 Å². The summed E-state index contributed by atoms with van der Waals surface area (Å²) >= 11 is 3.40. The number of nitrogens with one attached hydrogen (secondary N) is 1. The molecular weight excluding hydrogens is 308 g/mol. The van der Waals surface area contributed by atoms with Crippen LogP contribution in [0, 0.1) is 11.3 Å². The Kier molecular flexibility index (Phi) is 4.03. The predicted molar refractivity (Wildman–Crippen MR) is 76.2 cm³/mol. The van der Waals surface area contributed by atoms with E-state index in [1.165, 1.54) is 6.08 Å². The molecule has 96 valence electrons. The zero-order chi connectivity index (χ0) is 13.8. The number of aromatic nitrogens is 1. The molecule has 0 bridgehead atoms. The molecule has 0 fully saturated rings. The van der Waals surface area contributed by atoms with Crippen molar-refractivity contribution >= 4 is 38.9 Å². The summed E-state index contributed by atoms with van der Waals surface area (Å²) in [6.07, 6.45) is 3.29. The van der Waals surface area contributed by atoms with Gasteiger partial charge < -0.3 is 9.72 Å². The molecule has 19 heavy (non-hydrogen) atoms. The highest BCUT2D eigenvalue weighted by atomic mass is 79.9. The van der Waals surface area contributed by atoms with Crippen LogP contribution in [0.15, 0.2) is 34.4 Å². The van der Waals surface area contributed by atoms with Gasteiger partial charge in [0.15, 0.2) is 0 Å². The molecule has 4 nitrogen and oxygen atoms in total. The van der Waals surface area contributed by atoms with Crippen molar-refractivity contribution in [2.24, 2.45) is 0 Å². The van der Waals surface area contributed by atoms with Crippen LogP contribution in [0.4, 0.5) is 0 Å². The third-order valence-electron chi connectivity index (χ3n) is 2.59. The number of esters is 1. The maximum Gasteiger partial charge on any atom is 0.348 e. The largest absolute Gasteiger partial charge is 0.462 e. The van der Waals surface area contributed by atoms with Crippen molar-refractivity contribution in [2.75, 3.05) is 6.61 Å². The van der Waals surface area contributed by atoms with E-state index in [1.807, 2.05) is 24.3 Å². The number of ether oxygens (including phenoxy) is 1. The number of hydrogen-bond acceptors (Lipinski definition) is 3. The van der Waals surface area contributed by atoms with Crippen LogP contribution >= 0.6 is 15.9 Å². The van der Waals surface area contributed by atoms with Crippen molar-refractivity contribution in [2.45, 2.75) is 6.92 Å². The maximum absolute atomic E-state index is 11.6. The smallest absolute Gasteiger partial charge is 0.348 e. The van der Waals surface area contributed by atoms with Crippen LogP contribution < -0.4 is 0 Å². The highest BCUT2D eigenvalue weighted by Crippen LogP contribution is 2.24. The van der Waals surface area contributed by atoms with Crippen molar-refractivity contribution in [3.05, 3.63) is 40.0 Å². The highest BCUT2D eigenvalue weighted by molar-refractivity contribution is 9.10. The SMILES string of the molecule is CCOC(=O)/C(C#N)=C/c1c[nH]c2ccc(Br)cc12. The van der Waals surface area contributed by atoms with E-state index in [9.17, 15) is 4.79 Å². The summed E-state index contributed by atoms with van der Waals surface area (Å²) in [6.45, 7) is 1.95. The summed E-state index contributed by atoms with van der Waals surface area (Å²) in [6, 6.07) is 7.64. The summed E-state index contributed by atoms with van der Waals surface area (Å²) in [4.78, 5) is 14.7. The van der Waals surface area contributed by atoms with E-state index in [-0.39, 0.29) is 12.2 Å². The van der Waals surface area contributed by atoms with Crippen LogP contribution in [0.2, 0.25) is 0 Å². The monoisotopic (exact) mass is 318 g/mol. The first kappa shape index (κ1) is 13.4. The minimum absolute atomic E-state index is 0.0114. The number of nitriles is 1. The Morgan fingerprint density at radius 2 is 2.37 bits per heavy atom. The van der Waals surface area contributed by atoms with Gasteiger partial charge in [-0.15, -0.1) is 0 Å². The number of hydrogen-bond donors (Lipinski definition) is 1. The van der Waals surface area contributed by atoms with Crippen LogP contribution in [0.3, 0.4) is 0 Å². The molecule has 1 aromatic heterocycles. The Balaban J connectivity index is 2.47. The molecule has 0 aliphatic heterocycles. The summed E-state index contributed by atoms with van der Waals surface area (Å²) in [5, 5.41) is 9.95. The fraction of sp³-hybridized carbons (Fsp3) is 0.143. The minimum Gasteiger partial charge on any atom is -0.462 e. The van der Waals surface area contributed by atoms with Crippen molar-refractivity contribution in [1.29, 1.82) is 5.26 Å². The van der Waals surface area contributed by atoms with Gasteiger partial charge in [-0.25, -0.2) is 4.79 Å². The Morgan fingerprint density at radius 3 is 3.05 bits per heavy atom. The minimum atomic E-state index is -0.602. The second-order valence-corrected chi connectivity index (χ2v) is 4.74. The lowest BCUT2D eigenvalue weighted by atomic mass is 10.1. The third-order valence-corrected chi connectivity index (χ3v) is 3.08. The van der Waals surface area contributed by atoms with Gasteiger partial charge in [0, 0.05) is 27.1 Å². The first-order valence-corrected chi connectivity index (χ1v) is 6.50. The van der Waals surface area contributed by atoms with E-state index in [2.05, 4.69) is 20.9 Å². The number of H-pyrrole nitrogens is 1. The van der Waals surface area contributed by atoms with Gasteiger partial charge in [-0.05, 0) is 31.2 Å². The van der Waals surface area contributed by atoms with E-state index in [0.29, 0.717) is 0 Å². The molecule has 2 rings (SSSR count). The summed E-state index contributed by atoms with van der Waals surface area (Å²) in [5.41, 5.74) is 1.71. The van der Waals surface area contributed by atoms with E-state index >= 15 is 0 Å². The number of aromatic amines is 1. The van der Waals surface area contributed by atoms with E-state index < -0.39 is 5.97 Å². The van der Waals surface area contributed by atoms with Gasteiger partial charge in [0.2, 0.25) is 0 Å². The van der Waals surface area contributed by atoms with E-state index in [4.69, 9.17) is 10.00 Å². The van der Waals surface area contributed by atoms with Gasteiger partial charge in [-0.1, -0.05) is 15.9 Å². The van der Waals surface area contributed by atoms with Crippen LogP contribution in [-0.4, -0.2) is 17.6 Å². The first-order chi connectivity index (χ1) is 9.15. The van der Waals surface area contributed by atoms with Crippen molar-refractivity contribution in [3.8, 4) is 6.07 Å². The number of fused-ring (bicyclic) bond motifs is 1. The molecule has 0 amide bonds. The molecule has 1 N–H and O–H groups in total. The second-order valence-electron chi connectivity index (χ2n) is 3.82. The average molecular weight is 319 g/mol. The number of nitrogens with zero attached hydrogens (tertiary/aromatic N) is 1. The molecule has 5 heteroatoms. The lowest BCUT2D eigenvalue weighted by molar-refractivity contribution is -0.137.